The Labute approximate surface area is 122 Å². The second-order valence-electron chi connectivity index (χ2n) is 5.33. The summed E-state index contributed by atoms with van der Waals surface area (Å²) in [6.07, 6.45) is 0. The Kier molecular flexibility index (Phi) is 4.08. The predicted molar refractivity (Wildman–Crippen MR) is 76.6 cm³/mol. The molecule has 1 aromatic rings. The van der Waals surface area contributed by atoms with Gasteiger partial charge in [-0.05, 0) is 18.9 Å². The Morgan fingerprint density at radius 3 is 2.60 bits per heavy atom. The molecule has 2 unspecified atom stereocenters. The lowest BCUT2D eigenvalue weighted by molar-refractivity contribution is -0.141. The lowest BCUT2D eigenvalue weighted by Crippen LogP contribution is -2.47. The molecule has 1 fully saturated rings. The molecular formula is C13H19N3O3S. The zero-order valence-corrected chi connectivity index (χ0v) is 12.8. The SMILES string of the molecule is Cc1cc(C(=O)N2C(C(=O)O)CSC2C(C)C)n(C)n1. The van der Waals surface area contributed by atoms with E-state index in [0.717, 1.165) is 5.69 Å². The molecule has 0 radical (unpaired) electrons. The fourth-order valence-electron chi connectivity index (χ4n) is 2.43. The van der Waals surface area contributed by atoms with Gasteiger partial charge in [0.25, 0.3) is 5.91 Å². The second-order valence-corrected chi connectivity index (χ2v) is 6.48. The first-order valence-corrected chi connectivity index (χ1v) is 7.55. The zero-order valence-electron chi connectivity index (χ0n) is 12.0. The summed E-state index contributed by atoms with van der Waals surface area (Å²) in [7, 11) is 1.70. The van der Waals surface area contributed by atoms with Crippen molar-refractivity contribution in [3.8, 4) is 0 Å². The van der Waals surface area contributed by atoms with Gasteiger partial charge < -0.3 is 10.0 Å². The molecule has 0 aliphatic carbocycles. The van der Waals surface area contributed by atoms with Crippen LogP contribution in [0.2, 0.25) is 0 Å². The fraction of sp³-hybridized carbons (Fsp3) is 0.615. The first-order chi connectivity index (χ1) is 9.32. The fourth-order valence-corrected chi connectivity index (χ4v) is 3.90. The van der Waals surface area contributed by atoms with Gasteiger partial charge in [0.2, 0.25) is 0 Å². The molecule has 2 heterocycles. The van der Waals surface area contributed by atoms with Gasteiger partial charge in [0.1, 0.15) is 11.7 Å². The minimum Gasteiger partial charge on any atom is -0.480 e. The van der Waals surface area contributed by atoms with Gasteiger partial charge in [0.15, 0.2) is 0 Å². The van der Waals surface area contributed by atoms with Crippen molar-refractivity contribution in [3.63, 3.8) is 0 Å². The first kappa shape index (κ1) is 14.9. The average Bonchev–Trinajstić information content (AvgIpc) is 2.91. The van der Waals surface area contributed by atoms with E-state index in [2.05, 4.69) is 5.10 Å². The van der Waals surface area contributed by atoms with E-state index in [1.807, 2.05) is 20.8 Å². The van der Waals surface area contributed by atoms with Crippen LogP contribution in [0.3, 0.4) is 0 Å². The highest BCUT2D eigenvalue weighted by Crippen LogP contribution is 2.35. The number of thioether (sulfide) groups is 1. The molecule has 0 aromatic carbocycles. The Morgan fingerprint density at radius 1 is 1.50 bits per heavy atom. The Morgan fingerprint density at radius 2 is 2.15 bits per heavy atom. The van der Waals surface area contributed by atoms with Gasteiger partial charge in [-0.2, -0.15) is 5.10 Å². The number of carboxylic acids is 1. The third-order valence-electron chi connectivity index (χ3n) is 3.35. The number of carbonyl (C=O) groups is 2. The Hall–Kier alpha value is -1.50. The molecule has 0 spiro atoms. The van der Waals surface area contributed by atoms with Gasteiger partial charge in [0, 0.05) is 12.8 Å². The van der Waals surface area contributed by atoms with E-state index in [-0.39, 0.29) is 17.2 Å². The summed E-state index contributed by atoms with van der Waals surface area (Å²) in [5, 5.41) is 13.4. The van der Waals surface area contributed by atoms with Crippen LogP contribution in [0, 0.1) is 12.8 Å². The summed E-state index contributed by atoms with van der Waals surface area (Å²) < 4.78 is 1.51. The number of aryl methyl sites for hydroxylation is 2. The highest BCUT2D eigenvalue weighted by molar-refractivity contribution is 8.00. The predicted octanol–water partition coefficient (Wildman–Crippen LogP) is 1.35. The lowest BCUT2D eigenvalue weighted by Gasteiger charge is -2.29. The van der Waals surface area contributed by atoms with Crippen molar-refractivity contribution in [3.05, 3.63) is 17.5 Å². The molecule has 1 N–H and O–H groups in total. The number of nitrogens with zero attached hydrogens (tertiary/aromatic N) is 3. The van der Waals surface area contributed by atoms with Gasteiger partial charge in [-0.25, -0.2) is 4.79 Å². The van der Waals surface area contributed by atoms with E-state index in [4.69, 9.17) is 0 Å². The maximum Gasteiger partial charge on any atom is 0.327 e. The van der Waals surface area contributed by atoms with Crippen LogP contribution in [0.25, 0.3) is 0 Å². The van der Waals surface area contributed by atoms with Crippen LogP contribution < -0.4 is 0 Å². The molecule has 1 amide bonds. The van der Waals surface area contributed by atoms with E-state index in [0.29, 0.717) is 11.4 Å². The van der Waals surface area contributed by atoms with Crippen LogP contribution in [0.4, 0.5) is 0 Å². The van der Waals surface area contributed by atoms with Gasteiger partial charge in [-0.15, -0.1) is 11.8 Å². The van der Waals surface area contributed by atoms with Crippen LogP contribution in [0.5, 0.6) is 0 Å². The second kappa shape index (κ2) is 5.47. The molecule has 20 heavy (non-hydrogen) atoms. The van der Waals surface area contributed by atoms with E-state index >= 15 is 0 Å². The van der Waals surface area contributed by atoms with Gasteiger partial charge in [0.05, 0.1) is 11.1 Å². The summed E-state index contributed by atoms with van der Waals surface area (Å²) in [6.45, 7) is 5.80. The third-order valence-corrected chi connectivity index (χ3v) is 4.97. The highest BCUT2D eigenvalue weighted by Gasteiger charge is 2.43. The molecule has 0 saturated carbocycles. The number of hydrogen-bond donors (Lipinski definition) is 1. The van der Waals surface area contributed by atoms with Crippen molar-refractivity contribution >= 4 is 23.6 Å². The largest absolute Gasteiger partial charge is 0.480 e. The highest BCUT2D eigenvalue weighted by atomic mass is 32.2. The van der Waals surface area contributed by atoms with Crippen molar-refractivity contribution < 1.29 is 14.7 Å². The summed E-state index contributed by atoms with van der Waals surface area (Å²) >= 11 is 1.53. The number of hydrogen-bond acceptors (Lipinski definition) is 4. The number of carbonyl (C=O) groups excluding carboxylic acids is 1. The molecule has 6 nitrogen and oxygen atoms in total. The molecule has 2 atom stereocenters. The maximum atomic E-state index is 12.7. The molecule has 1 aliphatic heterocycles. The number of rotatable bonds is 3. The van der Waals surface area contributed by atoms with Crippen molar-refractivity contribution in [1.82, 2.24) is 14.7 Å². The van der Waals surface area contributed by atoms with Gasteiger partial charge >= 0.3 is 5.97 Å². The molecule has 2 rings (SSSR count). The number of amides is 1. The topological polar surface area (TPSA) is 75.4 Å². The van der Waals surface area contributed by atoms with Crippen molar-refractivity contribution in [2.75, 3.05) is 5.75 Å². The first-order valence-electron chi connectivity index (χ1n) is 6.50. The third kappa shape index (κ3) is 2.54. The summed E-state index contributed by atoms with van der Waals surface area (Å²) in [5.74, 6) is -0.583. The van der Waals surface area contributed by atoms with E-state index in [1.165, 1.54) is 21.3 Å². The lowest BCUT2D eigenvalue weighted by atomic mass is 10.1. The van der Waals surface area contributed by atoms with Crippen molar-refractivity contribution in [2.24, 2.45) is 13.0 Å². The monoisotopic (exact) mass is 297 g/mol. The van der Waals surface area contributed by atoms with Crippen LogP contribution in [0.15, 0.2) is 6.07 Å². The van der Waals surface area contributed by atoms with Crippen LogP contribution >= 0.6 is 11.8 Å². The molecular weight excluding hydrogens is 278 g/mol. The van der Waals surface area contributed by atoms with Crippen LogP contribution in [-0.4, -0.2) is 48.8 Å². The molecule has 1 saturated heterocycles. The smallest absolute Gasteiger partial charge is 0.327 e. The normalized spacial score (nSPS) is 22.6. The Balaban J connectivity index is 2.37. The van der Waals surface area contributed by atoms with E-state index in [1.54, 1.807) is 13.1 Å². The number of carboxylic acid groups (broad SMARTS) is 1. The molecule has 1 aliphatic rings. The standard InChI is InChI=1S/C13H19N3O3S/c1-7(2)12-16(10(6-20-12)13(18)19)11(17)9-5-8(3)14-15(9)4/h5,7,10,12H,6H2,1-4H3,(H,18,19). The van der Waals surface area contributed by atoms with Crippen LogP contribution in [0.1, 0.15) is 30.0 Å². The van der Waals surface area contributed by atoms with Crippen LogP contribution in [-0.2, 0) is 11.8 Å². The average molecular weight is 297 g/mol. The van der Waals surface area contributed by atoms with E-state index in [9.17, 15) is 14.7 Å². The number of aliphatic carboxylic acids is 1. The van der Waals surface area contributed by atoms with Gasteiger partial charge in [-0.3, -0.25) is 9.48 Å². The minimum atomic E-state index is -0.951. The summed E-state index contributed by atoms with van der Waals surface area (Å²) in [5.41, 5.74) is 1.18. The summed E-state index contributed by atoms with van der Waals surface area (Å²) in [4.78, 5) is 25.6. The zero-order chi connectivity index (χ0) is 15.0. The molecule has 0 bridgehead atoms. The summed E-state index contributed by atoms with van der Waals surface area (Å²) in [6, 6.07) is 0.928. The maximum absolute atomic E-state index is 12.7. The quantitative estimate of drug-likeness (QED) is 0.911. The minimum absolute atomic E-state index is 0.112. The van der Waals surface area contributed by atoms with E-state index < -0.39 is 12.0 Å². The Bertz CT molecular complexity index is 541. The molecule has 7 heteroatoms. The number of aromatic nitrogens is 2. The van der Waals surface area contributed by atoms with Crippen molar-refractivity contribution in [1.29, 1.82) is 0 Å². The molecule has 110 valence electrons. The molecule has 1 aromatic heterocycles. The van der Waals surface area contributed by atoms with Gasteiger partial charge in [-0.1, -0.05) is 13.8 Å². The van der Waals surface area contributed by atoms with Crippen molar-refractivity contribution in [2.45, 2.75) is 32.2 Å².